The second-order valence-corrected chi connectivity index (χ2v) is 4.44. The van der Waals surface area contributed by atoms with Crippen LogP contribution in [0.3, 0.4) is 0 Å². The fourth-order valence-electron chi connectivity index (χ4n) is 2.32. The van der Waals surface area contributed by atoms with Gasteiger partial charge in [-0.15, -0.1) is 0 Å². The lowest BCUT2D eigenvalue weighted by Gasteiger charge is -2.34. The van der Waals surface area contributed by atoms with E-state index in [2.05, 4.69) is 9.68 Å². The Morgan fingerprint density at radius 1 is 1.56 bits per heavy atom. The SMILES string of the molecule is CCC1CCCCN1C(=O)c1cc(C(=O)O)on1. The number of aromatic carboxylic acids is 1. The molecule has 0 bridgehead atoms. The summed E-state index contributed by atoms with van der Waals surface area (Å²) >= 11 is 0. The molecule has 1 aliphatic rings. The fraction of sp³-hybridized carbons (Fsp3) is 0.583. The van der Waals surface area contributed by atoms with Gasteiger partial charge in [0.15, 0.2) is 5.69 Å². The third-order valence-corrected chi connectivity index (χ3v) is 3.30. The number of amides is 1. The summed E-state index contributed by atoms with van der Waals surface area (Å²) in [5.74, 6) is -1.76. The zero-order valence-electron chi connectivity index (χ0n) is 10.3. The molecule has 6 nitrogen and oxygen atoms in total. The van der Waals surface area contributed by atoms with Gasteiger partial charge in [0.2, 0.25) is 5.76 Å². The lowest BCUT2D eigenvalue weighted by atomic mass is 9.99. The van der Waals surface area contributed by atoms with Gasteiger partial charge in [-0.2, -0.15) is 0 Å². The molecule has 1 aromatic heterocycles. The molecule has 0 aromatic carbocycles. The van der Waals surface area contributed by atoms with Crippen LogP contribution in [-0.2, 0) is 0 Å². The van der Waals surface area contributed by atoms with E-state index in [1.165, 1.54) is 6.07 Å². The van der Waals surface area contributed by atoms with Crippen molar-refractivity contribution in [3.8, 4) is 0 Å². The third kappa shape index (κ3) is 2.37. The van der Waals surface area contributed by atoms with Crippen molar-refractivity contribution < 1.29 is 19.2 Å². The Balaban J connectivity index is 2.15. The van der Waals surface area contributed by atoms with Crippen LogP contribution in [0.4, 0.5) is 0 Å². The van der Waals surface area contributed by atoms with E-state index in [1.807, 2.05) is 6.92 Å². The number of likely N-dealkylation sites (tertiary alicyclic amines) is 1. The number of rotatable bonds is 3. The van der Waals surface area contributed by atoms with E-state index < -0.39 is 5.97 Å². The van der Waals surface area contributed by atoms with Crippen LogP contribution in [0.1, 0.15) is 53.7 Å². The fourth-order valence-corrected chi connectivity index (χ4v) is 2.32. The van der Waals surface area contributed by atoms with E-state index in [0.717, 1.165) is 25.7 Å². The summed E-state index contributed by atoms with van der Waals surface area (Å²) in [6.45, 7) is 2.74. The summed E-state index contributed by atoms with van der Waals surface area (Å²) in [7, 11) is 0. The Morgan fingerprint density at radius 2 is 2.33 bits per heavy atom. The first kappa shape index (κ1) is 12.6. The summed E-state index contributed by atoms with van der Waals surface area (Å²) < 4.78 is 4.61. The van der Waals surface area contributed by atoms with Crippen LogP contribution >= 0.6 is 0 Å². The molecule has 0 radical (unpaired) electrons. The Hall–Kier alpha value is -1.85. The minimum Gasteiger partial charge on any atom is -0.475 e. The van der Waals surface area contributed by atoms with Gasteiger partial charge in [0.25, 0.3) is 5.91 Å². The van der Waals surface area contributed by atoms with Gasteiger partial charge in [-0.1, -0.05) is 12.1 Å². The van der Waals surface area contributed by atoms with Gasteiger partial charge in [-0.3, -0.25) is 4.79 Å². The molecule has 0 saturated carbocycles. The third-order valence-electron chi connectivity index (χ3n) is 3.30. The highest BCUT2D eigenvalue weighted by molar-refractivity contribution is 5.95. The predicted molar refractivity (Wildman–Crippen MR) is 62.4 cm³/mol. The molecule has 18 heavy (non-hydrogen) atoms. The molecule has 1 aromatic rings. The zero-order valence-corrected chi connectivity index (χ0v) is 10.3. The maximum absolute atomic E-state index is 12.2. The van der Waals surface area contributed by atoms with E-state index in [1.54, 1.807) is 4.90 Å². The lowest BCUT2D eigenvalue weighted by Crippen LogP contribution is -2.43. The number of piperidine rings is 1. The van der Waals surface area contributed by atoms with Crippen LogP contribution < -0.4 is 0 Å². The van der Waals surface area contributed by atoms with Gasteiger partial charge in [0.1, 0.15) is 0 Å². The topological polar surface area (TPSA) is 83.6 Å². The Morgan fingerprint density at radius 3 is 2.94 bits per heavy atom. The zero-order chi connectivity index (χ0) is 13.1. The molecule has 1 amide bonds. The molecule has 6 heteroatoms. The Kier molecular flexibility index (Phi) is 3.64. The van der Waals surface area contributed by atoms with Gasteiger partial charge in [0.05, 0.1) is 0 Å². The van der Waals surface area contributed by atoms with Crippen LogP contribution in [0.25, 0.3) is 0 Å². The first-order valence-electron chi connectivity index (χ1n) is 6.14. The smallest absolute Gasteiger partial charge is 0.374 e. The number of carboxylic acids is 1. The summed E-state index contributed by atoms with van der Waals surface area (Å²) in [5, 5.41) is 12.3. The van der Waals surface area contributed by atoms with Crippen LogP contribution in [0.2, 0.25) is 0 Å². The summed E-state index contributed by atoms with van der Waals surface area (Å²) in [6.07, 6.45) is 3.99. The first-order valence-corrected chi connectivity index (χ1v) is 6.14. The maximum Gasteiger partial charge on any atom is 0.374 e. The molecule has 1 saturated heterocycles. The largest absolute Gasteiger partial charge is 0.475 e. The number of carbonyl (C=O) groups is 2. The number of hydrogen-bond acceptors (Lipinski definition) is 4. The normalized spacial score (nSPS) is 19.8. The maximum atomic E-state index is 12.2. The number of nitrogens with zero attached hydrogens (tertiary/aromatic N) is 2. The van der Waals surface area contributed by atoms with Crippen molar-refractivity contribution in [1.82, 2.24) is 10.1 Å². The van der Waals surface area contributed by atoms with Gasteiger partial charge < -0.3 is 14.5 Å². The average Bonchev–Trinajstić information content (AvgIpc) is 2.87. The van der Waals surface area contributed by atoms with Crippen molar-refractivity contribution in [2.24, 2.45) is 0 Å². The predicted octanol–water partition coefficient (Wildman–Crippen LogP) is 1.78. The average molecular weight is 252 g/mol. The minimum atomic E-state index is -1.22. The Bertz CT molecular complexity index is 455. The van der Waals surface area contributed by atoms with Crippen molar-refractivity contribution in [2.75, 3.05) is 6.54 Å². The van der Waals surface area contributed by atoms with Gasteiger partial charge in [0, 0.05) is 18.7 Å². The van der Waals surface area contributed by atoms with Crippen molar-refractivity contribution in [3.63, 3.8) is 0 Å². The number of hydrogen-bond donors (Lipinski definition) is 1. The molecular formula is C12H16N2O4. The number of aromatic nitrogens is 1. The molecule has 0 spiro atoms. The van der Waals surface area contributed by atoms with Crippen LogP contribution in [0.5, 0.6) is 0 Å². The Labute approximate surface area is 105 Å². The highest BCUT2D eigenvalue weighted by Gasteiger charge is 2.28. The van der Waals surface area contributed by atoms with Crippen LogP contribution in [-0.4, -0.2) is 39.6 Å². The van der Waals surface area contributed by atoms with E-state index in [0.29, 0.717) is 6.54 Å². The van der Waals surface area contributed by atoms with Crippen LogP contribution in [0.15, 0.2) is 10.6 Å². The van der Waals surface area contributed by atoms with Crippen LogP contribution in [0, 0.1) is 0 Å². The molecule has 0 aliphatic carbocycles. The molecule has 1 unspecified atom stereocenters. The van der Waals surface area contributed by atoms with Crippen molar-refractivity contribution in [2.45, 2.75) is 38.6 Å². The molecule has 1 aliphatic heterocycles. The first-order chi connectivity index (χ1) is 8.63. The summed E-state index contributed by atoms with van der Waals surface area (Å²) in [5.41, 5.74) is 0.0766. The second-order valence-electron chi connectivity index (χ2n) is 4.44. The van der Waals surface area contributed by atoms with Crippen molar-refractivity contribution >= 4 is 11.9 Å². The molecule has 98 valence electrons. The van der Waals surface area contributed by atoms with Gasteiger partial charge >= 0.3 is 5.97 Å². The molecular weight excluding hydrogens is 236 g/mol. The molecule has 1 fully saturated rings. The van der Waals surface area contributed by atoms with E-state index in [-0.39, 0.29) is 23.4 Å². The highest BCUT2D eigenvalue weighted by atomic mass is 16.5. The van der Waals surface area contributed by atoms with Gasteiger partial charge in [-0.05, 0) is 25.7 Å². The molecule has 1 atom stereocenters. The lowest BCUT2D eigenvalue weighted by molar-refractivity contribution is 0.0592. The summed E-state index contributed by atoms with van der Waals surface area (Å²) in [4.78, 5) is 24.7. The molecule has 1 N–H and O–H groups in total. The van der Waals surface area contributed by atoms with E-state index >= 15 is 0 Å². The van der Waals surface area contributed by atoms with E-state index in [9.17, 15) is 9.59 Å². The second kappa shape index (κ2) is 5.20. The van der Waals surface area contributed by atoms with Gasteiger partial charge in [-0.25, -0.2) is 4.79 Å². The quantitative estimate of drug-likeness (QED) is 0.886. The van der Waals surface area contributed by atoms with Crippen molar-refractivity contribution in [1.29, 1.82) is 0 Å². The van der Waals surface area contributed by atoms with Crippen molar-refractivity contribution in [3.05, 3.63) is 17.5 Å². The highest BCUT2D eigenvalue weighted by Crippen LogP contribution is 2.21. The molecule has 2 heterocycles. The minimum absolute atomic E-state index is 0.0766. The number of carbonyl (C=O) groups excluding carboxylic acids is 1. The molecule has 2 rings (SSSR count). The number of carboxylic acid groups (broad SMARTS) is 1. The standard InChI is InChI=1S/C12H16N2O4/c1-2-8-5-3-4-6-14(8)11(15)9-7-10(12(16)17)18-13-9/h7-8H,2-6H2,1H3,(H,16,17). The monoisotopic (exact) mass is 252 g/mol. The summed E-state index contributed by atoms with van der Waals surface area (Å²) in [6, 6.07) is 1.41. The van der Waals surface area contributed by atoms with E-state index in [4.69, 9.17) is 5.11 Å².